The van der Waals surface area contributed by atoms with Crippen LogP contribution in [0.1, 0.15) is 47.3 Å². The summed E-state index contributed by atoms with van der Waals surface area (Å²) in [6.45, 7) is 0.871. The van der Waals surface area contributed by atoms with Crippen molar-refractivity contribution in [2.75, 3.05) is 20.8 Å². The molecule has 0 bridgehead atoms. The number of aliphatic hydroxyl groups is 1. The Bertz CT molecular complexity index is 1170. The summed E-state index contributed by atoms with van der Waals surface area (Å²) in [6.07, 6.45) is 3.44. The van der Waals surface area contributed by atoms with Crippen LogP contribution < -0.4 is 14.8 Å². The van der Waals surface area contributed by atoms with Crippen LogP contribution in [0.5, 0.6) is 11.5 Å². The van der Waals surface area contributed by atoms with Crippen LogP contribution in [0.2, 0.25) is 0 Å². The highest BCUT2D eigenvalue weighted by molar-refractivity contribution is 5.99. The second-order valence-electron chi connectivity index (χ2n) is 8.54. The fourth-order valence-electron chi connectivity index (χ4n) is 4.58. The van der Waals surface area contributed by atoms with Crippen molar-refractivity contribution >= 4 is 16.8 Å². The van der Waals surface area contributed by atoms with Gasteiger partial charge in [-0.1, -0.05) is 12.8 Å². The van der Waals surface area contributed by atoms with Crippen molar-refractivity contribution in [3.05, 3.63) is 59.3 Å². The molecule has 33 heavy (non-hydrogen) atoms. The zero-order chi connectivity index (χ0) is 23.4. The molecule has 1 aromatic heterocycles. The number of hydrogen-bond donors (Lipinski definition) is 2. The van der Waals surface area contributed by atoms with Gasteiger partial charge in [0.2, 0.25) is 0 Å². The van der Waals surface area contributed by atoms with Crippen molar-refractivity contribution in [3.8, 4) is 17.6 Å². The van der Waals surface area contributed by atoms with Crippen LogP contribution in [0.4, 0.5) is 0 Å². The smallest absolute Gasteiger partial charge is 0.267 e. The fraction of sp³-hybridized carbons (Fsp3) is 0.385. The second kappa shape index (κ2) is 9.97. The van der Waals surface area contributed by atoms with Gasteiger partial charge >= 0.3 is 0 Å². The number of nitrogens with zero attached hydrogens (tertiary/aromatic N) is 2. The first-order chi connectivity index (χ1) is 16.0. The van der Waals surface area contributed by atoms with Crippen molar-refractivity contribution in [1.29, 1.82) is 5.26 Å². The van der Waals surface area contributed by atoms with Crippen molar-refractivity contribution < 1.29 is 19.4 Å². The first-order valence-corrected chi connectivity index (χ1v) is 11.2. The average molecular weight is 448 g/mol. The average Bonchev–Trinajstić information content (AvgIpc) is 3.20. The molecule has 7 nitrogen and oxygen atoms in total. The Morgan fingerprint density at radius 1 is 1.12 bits per heavy atom. The number of rotatable bonds is 7. The molecule has 0 radical (unpaired) electrons. The number of methoxy groups -OCH3 is 2. The molecule has 1 heterocycles. The van der Waals surface area contributed by atoms with Gasteiger partial charge in [0, 0.05) is 36.0 Å². The third-order valence-electron chi connectivity index (χ3n) is 6.41. The molecule has 0 saturated heterocycles. The van der Waals surface area contributed by atoms with Gasteiger partial charge < -0.3 is 24.5 Å². The van der Waals surface area contributed by atoms with Gasteiger partial charge in [0.1, 0.15) is 17.2 Å². The van der Waals surface area contributed by atoms with Crippen LogP contribution in [-0.2, 0) is 6.54 Å². The number of benzene rings is 2. The Kier molecular flexibility index (Phi) is 6.85. The molecule has 1 aliphatic rings. The highest BCUT2D eigenvalue weighted by Crippen LogP contribution is 2.28. The van der Waals surface area contributed by atoms with Crippen LogP contribution in [0.3, 0.4) is 0 Å². The first-order valence-electron chi connectivity index (χ1n) is 11.2. The molecule has 4 rings (SSSR count). The number of aliphatic hydroxyl groups excluding tert-OH is 1. The molecule has 7 heteroatoms. The van der Waals surface area contributed by atoms with E-state index in [1.165, 1.54) is 0 Å². The van der Waals surface area contributed by atoms with E-state index in [1.54, 1.807) is 32.4 Å². The predicted octanol–water partition coefficient (Wildman–Crippen LogP) is 3.86. The number of hydrogen-bond acceptors (Lipinski definition) is 5. The SMILES string of the molecule is COc1cc(Cn2c(C(=O)NC[C@@H]3CCCC[C@H]3O)cc3cc(C#N)ccc32)cc(OC)c1. The van der Waals surface area contributed by atoms with E-state index in [9.17, 15) is 15.2 Å². The number of ether oxygens (including phenoxy) is 2. The van der Waals surface area contributed by atoms with Gasteiger partial charge in [-0.25, -0.2) is 0 Å². The number of amides is 1. The van der Waals surface area contributed by atoms with E-state index < -0.39 is 0 Å². The van der Waals surface area contributed by atoms with Crippen LogP contribution in [-0.4, -0.2) is 42.4 Å². The topological polar surface area (TPSA) is 96.5 Å². The third-order valence-corrected chi connectivity index (χ3v) is 6.41. The fourth-order valence-corrected chi connectivity index (χ4v) is 4.58. The van der Waals surface area contributed by atoms with E-state index in [1.807, 2.05) is 28.8 Å². The zero-order valence-corrected chi connectivity index (χ0v) is 19.0. The van der Waals surface area contributed by atoms with Crippen molar-refractivity contribution in [2.24, 2.45) is 5.92 Å². The Morgan fingerprint density at radius 3 is 2.52 bits per heavy atom. The Hall–Kier alpha value is -3.50. The Balaban J connectivity index is 1.67. The van der Waals surface area contributed by atoms with E-state index in [4.69, 9.17) is 9.47 Å². The molecule has 1 aliphatic carbocycles. The molecule has 3 aromatic rings. The van der Waals surface area contributed by atoms with Gasteiger partial charge in [-0.05, 0) is 54.8 Å². The van der Waals surface area contributed by atoms with Gasteiger partial charge in [-0.2, -0.15) is 5.26 Å². The van der Waals surface area contributed by atoms with E-state index in [2.05, 4.69) is 11.4 Å². The number of carbonyl (C=O) groups is 1. The lowest BCUT2D eigenvalue weighted by Gasteiger charge is -2.27. The Morgan fingerprint density at radius 2 is 1.85 bits per heavy atom. The lowest BCUT2D eigenvalue weighted by molar-refractivity contribution is 0.0661. The largest absolute Gasteiger partial charge is 0.497 e. The third kappa shape index (κ3) is 4.96. The minimum absolute atomic E-state index is 0.0772. The molecule has 1 fully saturated rings. The number of aromatic nitrogens is 1. The maximum Gasteiger partial charge on any atom is 0.267 e. The first kappa shape index (κ1) is 22.7. The Labute approximate surface area is 193 Å². The van der Waals surface area contributed by atoms with Crippen molar-refractivity contribution in [2.45, 2.75) is 38.3 Å². The summed E-state index contributed by atoms with van der Waals surface area (Å²) >= 11 is 0. The lowest BCUT2D eigenvalue weighted by atomic mass is 9.86. The van der Waals surface area contributed by atoms with Gasteiger partial charge in [0.15, 0.2) is 0 Å². The molecular weight excluding hydrogens is 418 g/mol. The molecule has 2 N–H and O–H groups in total. The van der Waals surface area contributed by atoms with E-state index in [0.717, 1.165) is 42.1 Å². The zero-order valence-electron chi connectivity index (χ0n) is 19.0. The number of nitriles is 1. The van der Waals surface area contributed by atoms with E-state index in [0.29, 0.717) is 35.8 Å². The summed E-state index contributed by atoms with van der Waals surface area (Å²) in [5.41, 5.74) is 2.83. The summed E-state index contributed by atoms with van der Waals surface area (Å²) in [5.74, 6) is 1.22. The highest BCUT2D eigenvalue weighted by Gasteiger charge is 2.24. The second-order valence-corrected chi connectivity index (χ2v) is 8.54. The maximum absolute atomic E-state index is 13.2. The van der Waals surface area contributed by atoms with Gasteiger partial charge in [0.25, 0.3) is 5.91 Å². The van der Waals surface area contributed by atoms with E-state index >= 15 is 0 Å². The van der Waals surface area contributed by atoms with E-state index in [-0.39, 0.29) is 17.9 Å². The lowest BCUT2D eigenvalue weighted by Crippen LogP contribution is -2.37. The molecule has 0 aliphatic heterocycles. The standard InChI is InChI=1S/C26H29N3O4/c1-32-21-10-18(11-22(13-21)33-2)16-29-23-8-7-17(14-27)9-20(23)12-24(29)26(31)28-15-19-5-3-4-6-25(19)30/h7-13,19,25,30H,3-6,15-16H2,1-2H3,(H,28,31)/t19-,25+/m0/s1. The van der Waals surface area contributed by atoms with Crippen molar-refractivity contribution in [3.63, 3.8) is 0 Å². The number of fused-ring (bicyclic) bond motifs is 1. The molecule has 0 unspecified atom stereocenters. The number of carbonyl (C=O) groups excluding carboxylic acids is 1. The minimum atomic E-state index is -0.368. The van der Waals surface area contributed by atoms with Crippen molar-refractivity contribution in [1.82, 2.24) is 9.88 Å². The molecule has 0 spiro atoms. The molecular formula is C26H29N3O4. The molecule has 1 saturated carbocycles. The van der Waals surface area contributed by atoms with Crippen LogP contribution in [0.15, 0.2) is 42.5 Å². The van der Waals surface area contributed by atoms with Crippen LogP contribution in [0, 0.1) is 17.2 Å². The predicted molar refractivity (Wildman–Crippen MR) is 126 cm³/mol. The summed E-state index contributed by atoms with van der Waals surface area (Å²) in [6, 6.07) is 15.0. The molecule has 1 amide bonds. The van der Waals surface area contributed by atoms with Gasteiger partial charge in [-0.3, -0.25) is 4.79 Å². The monoisotopic (exact) mass is 447 g/mol. The molecule has 2 aromatic carbocycles. The van der Waals surface area contributed by atoms with Crippen LogP contribution in [0.25, 0.3) is 10.9 Å². The quantitative estimate of drug-likeness (QED) is 0.573. The molecule has 172 valence electrons. The summed E-state index contributed by atoms with van der Waals surface area (Å²) in [4.78, 5) is 13.2. The van der Waals surface area contributed by atoms with Gasteiger partial charge in [0.05, 0.1) is 32.0 Å². The summed E-state index contributed by atoms with van der Waals surface area (Å²) < 4.78 is 12.7. The molecule has 2 atom stereocenters. The van der Waals surface area contributed by atoms with Crippen LogP contribution >= 0.6 is 0 Å². The summed E-state index contributed by atoms with van der Waals surface area (Å²) in [7, 11) is 3.21. The number of nitrogens with one attached hydrogen (secondary N) is 1. The maximum atomic E-state index is 13.2. The highest BCUT2D eigenvalue weighted by atomic mass is 16.5. The van der Waals surface area contributed by atoms with Gasteiger partial charge in [-0.15, -0.1) is 0 Å². The minimum Gasteiger partial charge on any atom is -0.497 e. The normalized spacial score (nSPS) is 18.0. The summed E-state index contributed by atoms with van der Waals surface area (Å²) in [5, 5.41) is 23.4.